The zero-order valence-corrected chi connectivity index (χ0v) is 14.0. The van der Waals surface area contributed by atoms with E-state index in [1.165, 1.54) is 29.6 Å². The van der Waals surface area contributed by atoms with Gasteiger partial charge in [0.15, 0.2) is 0 Å². The van der Waals surface area contributed by atoms with Gasteiger partial charge in [0.25, 0.3) is 0 Å². The molecule has 0 amide bonds. The standard InChI is InChI=1S/C19H27NO2/c1-4-5-6-7-13-10-16(21)18-14-8-9-20-12-15(14)19(2,3)22-17(18)11-13/h10-11,20-21H,4-9,12H2,1-3H3. The van der Waals surface area contributed by atoms with Crippen LogP contribution in [0.3, 0.4) is 0 Å². The van der Waals surface area contributed by atoms with Crippen molar-refractivity contribution in [2.45, 2.75) is 58.5 Å². The smallest absolute Gasteiger partial charge is 0.132 e. The molecule has 3 nitrogen and oxygen atoms in total. The van der Waals surface area contributed by atoms with Gasteiger partial charge in [0, 0.05) is 6.54 Å². The summed E-state index contributed by atoms with van der Waals surface area (Å²) in [4.78, 5) is 0. The van der Waals surface area contributed by atoms with Gasteiger partial charge in [-0.25, -0.2) is 0 Å². The van der Waals surface area contributed by atoms with Gasteiger partial charge in [0.1, 0.15) is 17.1 Å². The van der Waals surface area contributed by atoms with Gasteiger partial charge in [-0.05, 0) is 68.5 Å². The van der Waals surface area contributed by atoms with Crippen LogP contribution in [-0.2, 0) is 6.42 Å². The van der Waals surface area contributed by atoms with Gasteiger partial charge in [-0.1, -0.05) is 19.8 Å². The third-order valence-electron chi connectivity index (χ3n) is 4.82. The number of unbranched alkanes of at least 4 members (excludes halogenated alkanes) is 2. The summed E-state index contributed by atoms with van der Waals surface area (Å²) >= 11 is 0. The van der Waals surface area contributed by atoms with Crippen LogP contribution in [0.5, 0.6) is 11.5 Å². The Hall–Kier alpha value is -1.48. The number of ether oxygens (including phenoxy) is 1. The van der Waals surface area contributed by atoms with E-state index >= 15 is 0 Å². The first-order valence-electron chi connectivity index (χ1n) is 8.51. The Balaban J connectivity index is 2.00. The number of benzene rings is 1. The van der Waals surface area contributed by atoms with E-state index in [0.717, 1.165) is 43.7 Å². The summed E-state index contributed by atoms with van der Waals surface area (Å²) in [6.07, 6.45) is 5.56. The van der Waals surface area contributed by atoms with E-state index in [1.807, 2.05) is 6.07 Å². The molecule has 0 aromatic heterocycles. The maximum atomic E-state index is 10.6. The molecule has 0 aliphatic carbocycles. The van der Waals surface area contributed by atoms with Crippen LogP contribution in [0, 0.1) is 0 Å². The van der Waals surface area contributed by atoms with Crippen molar-refractivity contribution >= 4 is 5.57 Å². The number of fused-ring (bicyclic) bond motifs is 2. The minimum Gasteiger partial charge on any atom is -0.507 e. The highest BCUT2D eigenvalue weighted by Gasteiger charge is 2.37. The number of hydrogen-bond donors (Lipinski definition) is 2. The third-order valence-corrected chi connectivity index (χ3v) is 4.82. The van der Waals surface area contributed by atoms with Crippen molar-refractivity contribution in [2.75, 3.05) is 13.1 Å². The maximum Gasteiger partial charge on any atom is 0.132 e. The molecule has 0 spiro atoms. The molecule has 0 atom stereocenters. The van der Waals surface area contributed by atoms with Crippen LogP contribution in [0.15, 0.2) is 17.7 Å². The topological polar surface area (TPSA) is 41.5 Å². The van der Waals surface area contributed by atoms with Crippen molar-refractivity contribution in [3.63, 3.8) is 0 Å². The quantitative estimate of drug-likeness (QED) is 0.825. The van der Waals surface area contributed by atoms with Gasteiger partial charge in [-0.15, -0.1) is 0 Å². The Kier molecular flexibility index (Phi) is 4.18. The number of phenolic OH excluding ortho intramolecular Hbond substituents is 1. The Labute approximate surface area is 133 Å². The minimum atomic E-state index is -0.301. The van der Waals surface area contributed by atoms with E-state index in [1.54, 1.807) is 0 Å². The molecular weight excluding hydrogens is 274 g/mol. The largest absolute Gasteiger partial charge is 0.507 e. The monoisotopic (exact) mass is 301 g/mol. The predicted molar refractivity (Wildman–Crippen MR) is 90.4 cm³/mol. The molecule has 120 valence electrons. The van der Waals surface area contributed by atoms with E-state index < -0.39 is 0 Å². The zero-order valence-electron chi connectivity index (χ0n) is 14.0. The maximum absolute atomic E-state index is 10.6. The number of aryl methyl sites for hydroxylation is 1. The summed E-state index contributed by atoms with van der Waals surface area (Å²) < 4.78 is 6.26. The summed E-state index contributed by atoms with van der Waals surface area (Å²) in [5, 5.41) is 14.0. The van der Waals surface area contributed by atoms with Crippen LogP contribution < -0.4 is 10.1 Å². The number of rotatable bonds is 4. The second-order valence-electron chi connectivity index (χ2n) is 6.94. The average Bonchev–Trinajstić information content (AvgIpc) is 2.46. The van der Waals surface area contributed by atoms with Gasteiger partial charge < -0.3 is 15.2 Å². The summed E-state index contributed by atoms with van der Waals surface area (Å²) in [6, 6.07) is 4.07. The minimum absolute atomic E-state index is 0.301. The molecule has 1 aromatic carbocycles. The molecule has 0 fully saturated rings. The Morgan fingerprint density at radius 3 is 2.86 bits per heavy atom. The molecule has 0 radical (unpaired) electrons. The molecule has 3 rings (SSSR count). The van der Waals surface area contributed by atoms with E-state index in [0.29, 0.717) is 5.75 Å². The Morgan fingerprint density at radius 2 is 2.09 bits per heavy atom. The fourth-order valence-corrected chi connectivity index (χ4v) is 3.64. The summed E-state index contributed by atoms with van der Waals surface area (Å²) in [5.74, 6) is 1.24. The van der Waals surface area contributed by atoms with Crippen LogP contribution in [0.25, 0.3) is 5.57 Å². The van der Waals surface area contributed by atoms with Gasteiger partial charge in [-0.3, -0.25) is 0 Å². The highest BCUT2D eigenvalue weighted by Crippen LogP contribution is 2.47. The number of aromatic hydroxyl groups is 1. The van der Waals surface area contributed by atoms with Crippen molar-refractivity contribution in [1.82, 2.24) is 5.32 Å². The summed E-state index contributed by atoms with van der Waals surface area (Å²) in [6.45, 7) is 8.27. The zero-order chi connectivity index (χ0) is 15.7. The lowest BCUT2D eigenvalue weighted by molar-refractivity contribution is 0.138. The molecule has 0 bridgehead atoms. The highest BCUT2D eigenvalue weighted by atomic mass is 16.5. The molecule has 0 unspecified atom stereocenters. The van der Waals surface area contributed by atoms with Gasteiger partial charge in [0.05, 0.1) is 5.56 Å². The number of nitrogens with one attached hydrogen (secondary N) is 1. The van der Waals surface area contributed by atoms with Crippen LogP contribution in [-0.4, -0.2) is 23.8 Å². The van der Waals surface area contributed by atoms with E-state index in [4.69, 9.17) is 4.74 Å². The lowest BCUT2D eigenvalue weighted by Gasteiger charge is -2.40. The van der Waals surface area contributed by atoms with Crippen LogP contribution in [0.4, 0.5) is 0 Å². The van der Waals surface area contributed by atoms with Gasteiger partial charge >= 0.3 is 0 Å². The Bertz CT molecular complexity index is 602. The first kappa shape index (κ1) is 15.4. The Morgan fingerprint density at radius 1 is 1.27 bits per heavy atom. The first-order chi connectivity index (χ1) is 10.5. The van der Waals surface area contributed by atoms with Crippen molar-refractivity contribution in [3.8, 4) is 11.5 Å². The molecule has 1 aromatic rings. The molecule has 2 aliphatic heterocycles. The summed E-state index contributed by atoms with van der Waals surface area (Å²) in [7, 11) is 0. The molecule has 2 aliphatic rings. The fourth-order valence-electron chi connectivity index (χ4n) is 3.64. The second kappa shape index (κ2) is 5.96. The van der Waals surface area contributed by atoms with Crippen molar-refractivity contribution in [3.05, 3.63) is 28.8 Å². The van der Waals surface area contributed by atoms with E-state index in [9.17, 15) is 5.11 Å². The molecule has 2 N–H and O–H groups in total. The fraction of sp³-hybridized carbons (Fsp3) is 0.579. The van der Waals surface area contributed by atoms with Crippen LogP contribution in [0.2, 0.25) is 0 Å². The molecule has 0 saturated heterocycles. The molecule has 0 saturated carbocycles. The number of phenols is 1. The molecular formula is C19H27NO2. The number of hydrogen-bond acceptors (Lipinski definition) is 3. The normalized spacial score (nSPS) is 19.4. The first-order valence-corrected chi connectivity index (χ1v) is 8.51. The lowest BCUT2D eigenvalue weighted by Crippen LogP contribution is -2.42. The predicted octanol–water partition coefficient (Wildman–Crippen LogP) is 4.04. The van der Waals surface area contributed by atoms with E-state index in [-0.39, 0.29) is 5.60 Å². The van der Waals surface area contributed by atoms with Gasteiger partial charge in [0.2, 0.25) is 0 Å². The van der Waals surface area contributed by atoms with Gasteiger partial charge in [-0.2, -0.15) is 0 Å². The molecule has 3 heteroatoms. The SMILES string of the molecule is CCCCCc1cc(O)c2c(c1)OC(C)(C)C1=C2CCNC1. The summed E-state index contributed by atoms with van der Waals surface area (Å²) in [5.41, 5.74) is 4.36. The lowest BCUT2D eigenvalue weighted by atomic mass is 9.82. The van der Waals surface area contributed by atoms with Crippen molar-refractivity contribution in [1.29, 1.82) is 0 Å². The van der Waals surface area contributed by atoms with Crippen LogP contribution in [0.1, 0.15) is 57.6 Å². The van der Waals surface area contributed by atoms with E-state index in [2.05, 4.69) is 32.2 Å². The third kappa shape index (κ3) is 2.74. The second-order valence-corrected chi connectivity index (χ2v) is 6.94. The van der Waals surface area contributed by atoms with Crippen molar-refractivity contribution in [2.24, 2.45) is 0 Å². The van der Waals surface area contributed by atoms with Crippen LogP contribution >= 0.6 is 0 Å². The molecule has 2 heterocycles. The molecule has 22 heavy (non-hydrogen) atoms. The highest BCUT2D eigenvalue weighted by molar-refractivity contribution is 5.81. The average molecular weight is 301 g/mol. The van der Waals surface area contributed by atoms with Crippen molar-refractivity contribution < 1.29 is 9.84 Å².